The van der Waals surface area contributed by atoms with E-state index in [-0.39, 0.29) is 45.2 Å². The van der Waals surface area contributed by atoms with Crippen LogP contribution < -0.4 is 15.2 Å². The summed E-state index contributed by atoms with van der Waals surface area (Å²) in [5.41, 5.74) is 0.401. The number of para-hydroxylation sites is 1. The van der Waals surface area contributed by atoms with Crippen LogP contribution in [0.5, 0.6) is 5.75 Å². The number of hydrogen-bond acceptors (Lipinski definition) is 7. The summed E-state index contributed by atoms with van der Waals surface area (Å²) in [6.45, 7) is 5.18. The lowest BCUT2D eigenvalue weighted by molar-refractivity contribution is -0.701. The zero-order chi connectivity index (χ0) is 22.0. The van der Waals surface area contributed by atoms with Crippen molar-refractivity contribution in [1.29, 1.82) is 0 Å². The molecule has 2 aromatic heterocycles. The number of hydrogen-bond donors (Lipinski definition) is 4. The van der Waals surface area contributed by atoms with Crippen LogP contribution in [0.4, 0.5) is 17.3 Å². The van der Waals surface area contributed by atoms with Crippen LogP contribution in [0, 0.1) is 11.8 Å². The van der Waals surface area contributed by atoms with E-state index in [2.05, 4.69) is 15.8 Å². The van der Waals surface area contributed by atoms with Crippen LogP contribution in [-0.2, 0) is 0 Å². The first kappa shape index (κ1) is 20.6. The fourth-order valence-corrected chi connectivity index (χ4v) is 3.70. The molecule has 1 amide bonds. The SMILES string of the molecule is CC[C@@H](Nc1[nH]o[n+](=O)c1Nc1cccc(C(=O)N2CCCC2)c1O)c1ccc(C)o1. The molecule has 164 valence electrons. The molecule has 1 aliphatic heterocycles. The second-order valence-electron chi connectivity index (χ2n) is 7.55. The van der Waals surface area contributed by atoms with E-state index >= 15 is 0 Å². The Kier molecular flexibility index (Phi) is 5.70. The van der Waals surface area contributed by atoms with Gasteiger partial charge in [-0.3, -0.25) is 10.1 Å². The molecule has 1 atom stereocenters. The van der Waals surface area contributed by atoms with Crippen molar-refractivity contribution in [1.82, 2.24) is 10.1 Å². The largest absolute Gasteiger partial charge is 0.504 e. The van der Waals surface area contributed by atoms with Gasteiger partial charge in [0.2, 0.25) is 0 Å². The molecule has 0 aliphatic carbocycles. The molecule has 10 heteroatoms. The summed E-state index contributed by atoms with van der Waals surface area (Å²) in [6.07, 6.45) is 2.60. The van der Waals surface area contributed by atoms with Gasteiger partial charge in [-0.25, -0.2) is 0 Å². The molecule has 0 spiro atoms. The fourth-order valence-electron chi connectivity index (χ4n) is 3.70. The number of H-pyrrole nitrogens is 1. The third-order valence-corrected chi connectivity index (χ3v) is 5.39. The Hall–Kier alpha value is -3.69. The average Bonchev–Trinajstić information content (AvgIpc) is 3.51. The number of furan rings is 1. The van der Waals surface area contributed by atoms with Crippen molar-refractivity contribution in [3.8, 4) is 5.75 Å². The van der Waals surface area contributed by atoms with Crippen molar-refractivity contribution < 1.29 is 23.5 Å². The highest BCUT2D eigenvalue weighted by Crippen LogP contribution is 2.33. The maximum atomic E-state index is 12.7. The molecule has 31 heavy (non-hydrogen) atoms. The Balaban J connectivity index is 1.59. The number of nitrogens with one attached hydrogen (secondary N) is 3. The van der Waals surface area contributed by atoms with E-state index in [0.29, 0.717) is 19.5 Å². The van der Waals surface area contributed by atoms with Gasteiger partial charge in [0.15, 0.2) is 10.3 Å². The number of phenols is 1. The molecule has 3 aromatic rings. The number of carbonyl (C=O) groups excluding carboxylic acids is 1. The molecule has 4 rings (SSSR count). The number of nitrogens with zero attached hydrogens (tertiary/aromatic N) is 2. The predicted molar refractivity (Wildman–Crippen MR) is 113 cm³/mol. The van der Waals surface area contributed by atoms with Crippen molar-refractivity contribution in [2.24, 2.45) is 0 Å². The highest BCUT2D eigenvalue weighted by Gasteiger charge is 2.28. The minimum atomic E-state index is -0.231. The lowest BCUT2D eigenvalue weighted by Crippen LogP contribution is -2.27. The summed E-state index contributed by atoms with van der Waals surface area (Å²) in [4.78, 5) is 26.7. The molecule has 4 N–H and O–H groups in total. The van der Waals surface area contributed by atoms with Crippen molar-refractivity contribution in [3.63, 3.8) is 0 Å². The van der Waals surface area contributed by atoms with Crippen molar-refractivity contribution in [2.75, 3.05) is 23.7 Å². The number of rotatable bonds is 7. The van der Waals surface area contributed by atoms with E-state index in [0.717, 1.165) is 24.4 Å². The highest BCUT2D eigenvalue weighted by molar-refractivity contribution is 5.99. The number of amides is 1. The number of phenolic OH excluding ortho intramolecular Hbond substituents is 1. The van der Waals surface area contributed by atoms with Gasteiger partial charge in [-0.1, -0.05) is 18.1 Å². The number of carbonyl (C=O) groups is 1. The highest BCUT2D eigenvalue weighted by atomic mass is 16.7. The third-order valence-electron chi connectivity index (χ3n) is 5.39. The lowest BCUT2D eigenvalue weighted by atomic mass is 10.1. The predicted octanol–water partition coefficient (Wildman–Crippen LogP) is 3.67. The summed E-state index contributed by atoms with van der Waals surface area (Å²) in [5.74, 6) is 1.35. The number of likely N-dealkylation sites (tertiary alicyclic amines) is 1. The standard InChI is InChI=1S/C21H25N5O5/c1-3-15(17-10-9-13(2)30-17)22-19-20(26(29)31-24-19)23-16-8-6-7-14(18(16)27)21(28)25-11-4-5-12-25/h6-10,15,23H,3-5,11-12H2,1-2H3,(H2-,22,24,27,28,29)/p+1/t15-/m1/s1. The van der Waals surface area contributed by atoms with Crippen LogP contribution in [0.1, 0.15) is 54.1 Å². The molecule has 3 heterocycles. The number of aromatic nitrogens is 2. The van der Waals surface area contributed by atoms with Gasteiger partial charge in [0.1, 0.15) is 17.2 Å². The molecule has 0 bridgehead atoms. The van der Waals surface area contributed by atoms with E-state index in [4.69, 9.17) is 9.05 Å². The van der Waals surface area contributed by atoms with E-state index in [9.17, 15) is 14.8 Å². The molecule has 1 saturated heterocycles. The van der Waals surface area contributed by atoms with Crippen molar-refractivity contribution >= 4 is 23.2 Å². The number of aromatic amines is 1. The summed E-state index contributed by atoms with van der Waals surface area (Å²) in [7, 11) is 0. The molecule has 1 fully saturated rings. The molecular weight excluding hydrogens is 402 g/mol. The monoisotopic (exact) mass is 428 g/mol. The molecule has 0 unspecified atom stereocenters. The van der Waals surface area contributed by atoms with Crippen LogP contribution in [0.3, 0.4) is 0 Å². The Morgan fingerprint density at radius 1 is 1.29 bits per heavy atom. The fraction of sp³-hybridized carbons (Fsp3) is 0.381. The maximum absolute atomic E-state index is 12.7. The normalized spacial score (nSPS) is 14.6. The van der Waals surface area contributed by atoms with E-state index in [1.54, 1.807) is 23.1 Å². The van der Waals surface area contributed by atoms with Crippen molar-refractivity contribution in [2.45, 2.75) is 39.2 Å². The summed E-state index contributed by atoms with van der Waals surface area (Å²) < 4.78 is 10.8. The Labute approximate surface area is 178 Å². The Bertz CT molecular complexity index is 1130. The number of anilines is 3. The average molecular weight is 428 g/mol. The minimum Gasteiger partial charge on any atom is -0.504 e. The number of aryl methyl sites for hydroxylation is 1. The van der Waals surface area contributed by atoms with Crippen LogP contribution in [0.15, 0.2) is 39.4 Å². The van der Waals surface area contributed by atoms with E-state index < -0.39 is 0 Å². The zero-order valence-corrected chi connectivity index (χ0v) is 17.5. The lowest BCUT2D eigenvalue weighted by Gasteiger charge is -2.16. The summed E-state index contributed by atoms with van der Waals surface area (Å²) in [6, 6.07) is 8.33. The van der Waals surface area contributed by atoms with Gasteiger partial charge < -0.3 is 19.7 Å². The van der Waals surface area contributed by atoms with E-state index in [1.165, 1.54) is 0 Å². The van der Waals surface area contributed by atoms with Gasteiger partial charge in [-0.05, 0) is 55.4 Å². The zero-order valence-electron chi connectivity index (χ0n) is 17.5. The van der Waals surface area contributed by atoms with Gasteiger partial charge in [0, 0.05) is 13.1 Å². The Morgan fingerprint density at radius 3 is 2.74 bits per heavy atom. The van der Waals surface area contributed by atoms with Gasteiger partial charge in [0.05, 0.1) is 11.6 Å². The molecule has 1 aromatic carbocycles. The molecule has 1 aliphatic rings. The maximum Gasteiger partial charge on any atom is 0.371 e. The van der Waals surface area contributed by atoms with Crippen LogP contribution in [0.25, 0.3) is 0 Å². The third kappa shape index (κ3) is 4.14. The van der Waals surface area contributed by atoms with Gasteiger partial charge in [-0.2, -0.15) is 0 Å². The Morgan fingerprint density at radius 2 is 2.06 bits per heavy atom. The van der Waals surface area contributed by atoms with Gasteiger partial charge >= 0.3 is 5.82 Å². The molecular formula is C21H26N5O5+. The van der Waals surface area contributed by atoms with Crippen LogP contribution >= 0.6 is 0 Å². The van der Waals surface area contributed by atoms with Crippen LogP contribution in [-0.4, -0.2) is 34.2 Å². The smallest absolute Gasteiger partial charge is 0.371 e. The molecule has 10 nitrogen and oxygen atoms in total. The van der Waals surface area contributed by atoms with Gasteiger partial charge in [-0.15, -0.1) is 4.63 Å². The van der Waals surface area contributed by atoms with Crippen LogP contribution in [0.2, 0.25) is 0 Å². The number of benzene rings is 1. The first-order valence-corrected chi connectivity index (χ1v) is 10.3. The minimum absolute atomic E-state index is 0.0165. The summed E-state index contributed by atoms with van der Waals surface area (Å²) >= 11 is 0. The first-order valence-electron chi connectivity index (χ1n) is 10.3. The van der Waals surface area contributed by atoms with E-state index in [1.807, 2.05) is 26.0 Å². The second kappa shape index (κ2) is 8.58. The number of aromatic hydroxyl groups is 1. The van der Waals surface area contributed by atoms with Crippen molar-refractivity contribution in [3.05, 3.63) is 52.3 Å². The second-order valence-corrected chi connectivity index (χ2v) is 7.55. The van der Waals surface area contributed by atoms with Gasteiger partial charge in [0.25, 0.3) is 11.7 Å². The quantitative estimate of drug-likeness (QED) is 0.423. The molecule has 0 saturated carbocycles. The topological polar surface area (TPSA) is 130 Å². The molecule has 0 radical (unpaired) electrons. The summed E-state index contributed by atoms with van der Waals surface area (Å²) in [5, 5.41) is 19.3. The first-order chi connectivity index (χ1) is 15.0.